The van der Waals surface area contributed by atoms with Gasteiger partial charge in [0.1, 0.15) is 11.7 Å². The zero-order chi connectivity index (χ0) is 12.7. The van der Waals surface area contributed by atoms with E-state index in [0.717, 1.165) is 0 Å². The molecule has 0 unspecified atom stereocenters. The lowest BCUT2D eigenvalue weighted by Crippen LogP contribution is -1.94. The summed E-state index contributed by atoms with van der Waals surface area (Å²) in [4.78, 5) is 18.2. The molecule has 0 radical (unpaired) electrons. The van der Waals surface area contributed by atoms with Crippen molar-refractivity contribution in [3.63, 3.8) is 0 Å². The normalized spacial score (nSPS) is 10.9. The van der Waals surface area contributed by atoms with Crippen LogP contribution in [-0.4, -0.2) is 19.5 Å². The number of oxazole rings is 1. The maximum atomic E-state index is 10.6. The molecule has 0 spiro atoms. The van der Waals surface area contributed by atoms with E-state index in [1.165, 1.54) is 10.8 Å². The summed E-state index contributed by atoms with van der Waals surface area (Å²) in [5.41, 5.74) is 1.33. The molecule has 18 heavy (non-hydrogen) atoms. The molecule has 0 bridgehead atoms. The van der Waals surface area contributed by atoms with Crippen molar-refractivity contribution in [2.45, 2.75) is 6.92 Å². The van der Waals surface area contributed by atoms with Crippen LogP contribution < -0.4 is 0 Å². The number of nitro groups is 1. The van der Waals surface area contributed by atoms with Crippen molar-refractivity contribution in [1.29, 1.82) is 0 Å². The van der Waals surface area contributed by atoms with Gasteiger partial charge in [0, 0.05) is 6.92 Å². The second-order valence-corrected chi connectivity index (χ2v) is 3.74. The highest BCUT2D eigenvalue weighted by molar-refractivity contribution is 5.73. The van der Waals surface area contributed by atoms with Crippen molar-refractivity contribution in [1.82, 2.24) is 14.5 Å². The topological polar surface area (TPSA) is 87.0 Å². The summed E-state index contributed by atoms with van der Waals surface area (Å²) in [5.74, 6) is 0.225. The largest absolute Gasteiger partial charge is 0.423 e. The molecule has 2 heterocycles. The summed E-state index contributed by atoms with van der Waals surface area (Å²) in [5, 5.41) is 10.6. The molecule has 0 amide bonds. The average molecular weight is 244 g/mol. The fourth-order valence-corrected chi connectivity index (χ4v) is 1.70. The molecular formula is C11H8N4O3. The van der Waals surface area contributed by atoms with Gasteiger partial charge >= 0.3 is 11.8 Å². The molecule has 0 aliphatic heterocycles. The number of rotatable bonds is 2. The minimum absolute atomic E-state index is 0.227. The standard InChI is InChI=1S/C11H8N4O3/c1-7-12-10(15(16)17)6-14(7)11-13-8-4-2-3-5-9(8)18-11/h2-6H,1H3. The molecule has 2 aromatic heterocycles. The highest BCUT2D eigenvalue weighted by Crippen LogP contribution is 2.21. The highest BCUT2D eigenvalue weighted by Gasteiger charge is 2.19. The minimum Gasteiger partial charge on any atom is -0.423 e. The van der Waals surface area contributed by atoms with E-state index in [9.17, 15) is 10.1 Å². The Bertz CT molecular complexity index is 711. The number of aryl methyl sites for hydroxylation is 1. The molecule has 0 saturated heterocycles. The van der Waals surface area contributed by atoms with Crippen LogP contribution in [0.2, 0.25) is 0 Å². The zero-order valence-corrected chi connectivity index (χ0v) is 9.40. The van der Waals surface area contributed by atoms with Gasteiger partial charge in [-0.25, -0.2) is 4.57 Å². The van der Waals surface area contributed by atoms with E-state index in [1.54, 1.807) is 13.0 Å². The number of para-hydroxylation sites is 2. The summed E-state index contributed by atoms with van der Waals surface area (Å²) in [6.45, 7) is 1.65. The lowest BCUT2D eigenvalue weighted by atomic mass is 10.3. The highest BCUT2D eigenvalue weighted by atomic mass is 16.6. The molecule has 0 atom stereocenters. The predicted octanol–water partition coefficient (Wildman–Crippen LogP) is 2.23. The Labute approximate surface area is 101 Å². The number of fused-ring (bicyclic) bond motifs is 1. The maximum absolute atomic E-state index is 10.6. The molecular weight excluding hydrogens is 236 g/mol. The maximum Gasteiger partial charge on any atom is 0.382 e. The summed E-state index contributed by atoms with van der Waals surface area (Å²) in [7, 11) is 0. The first-order valence-electron chi connectivity index (χ1n) is 5.21. The number of benzene rings is 1. The Balaban J connectivity index is 2.16. The second-order valence-electron chi connectivity index (χ2n) is 3.74. The third-order valence-corrected chi connectivity index (χ3v) is 2.55. The Hall–Kier alpha value is -2.70. The molecule has 3 aromatic rings. The number of nitrogens with zero attached hydrogens (tertiary/aromatic N) is 4. The van der Waals surface area contributed by atoms with Gasteiger partial charge in [0.15, 0.2) is 5.58 Å². The average Bonchev–Trinajstić information content (AvgIpc) is 2.91. The van der Waals surface area contributed by atoms with E-state index < -0.39 is 4.92 Å². The Kier molecular flexibility index (Phi) is 2.12. The fourth-order valence-electron chi connectivity index (χ4n) is 1.70. The summed E-state index contributed by atoms with van der Waals surface area (Å²) >= 11 is 0. The van der Waals surface area contributed by atoms with Gasteiger partial charge in [-0.2, -0.15) is 4.98 Å². The van der Waals surface area contributed by atoms with Crippen LogP contribution in [0.1, 0.15) is 5.82 Å². The molecule has 0 fully saturated rings. The molecule has 90 valence electrons. The van der Waals surface area contributed by atoms with Crippen molar-refractivity contribution in [3.8, 4) is 6.01 Å². The summed E-state index contributed by atoms with van der Waals surface area (Å²) in [6, 6.07) is 7.54. The number of hydrogen-bond donors (Lipinski definition) is 0. The van der Waals surface area contributed by atoms with Crippen LogP contribution in [0.4, 0.5) is 5.82 Å². The molecule has 1 aromatic carbocycles. The van der Waals surface area contributed by atoms with Crippen molar-refractivity contribution in [3.05, 3.63) is 46.4 Å². The van der Waals surface area contributed by atoms with Gasteiger partial charge in [-0.1, -0.05) is 12.1 Å². The Morgan fingerprint density at radius 2 is 2.11 bits per heavy atom. The van der Waals surface area contributed by atoms with Gasteiger partial charge < -0.3 is 14.5 Å². The van der Waals surface area contributed by atoms with Crippen molar-refractivity contribution in [2.24, 2.45) is 0 Å². The van der Waals surface area contributed by atoms with Gasteiger partial charge in [0.05, 0.1) is 0 Å². The van der Waals surface area contributed by atoms with Crippen LogP contribution in [0, 0.1) is 17.0 Å². The van der Waals surface area contributed by atoms with E-state index >= 15 is 0 Å². The van der Waals surface area contributed by atoms with Gasteiger partial charge in [0.25, 0.3) is 0 Å². The van der Waals surface area contributed by atoms with Crippen LogP contribution in [0.3, 0.4) is 0 Å². The van der Waals surface area contributed by atoms with E-state index in [4.69, 9.17) is 4.42 Å². The molecule has 7 nitrogen and oxygen atoms in total. The van der Waals surface area contributed by atoms with Crippen molar-refractivity contribution >= 4 is 16.9 Å². The lowest BCUT2D eigenvalue weighted by molar-refractivity contribution is -0.389. The van der Waals surface area contributed by atoms with Gasteiger partial charge in [-0.3, -0.25) is 0 Å². The van der Waals surface area contributed by atoms with Crippen LogP contribution in [0.15, 0.2) is 34.9 Å². The van der Waals surface area contributed by atoms with Crippen molar-refractivity contribution in [2.75, 3.05) is 0 Å². The SMILES string of the molecule is Cc1nc([N+](=O)[O-])cn1-c1nc2ccccc2o1. The van der Waals surface area contributed by atoms with Crippen LogP contribution >= 0.6 is 0 Å². The monoisotopic (exact) mass is 244 g/mol. The lowest BCUT2D eigenvalue weighted by Gasteiger charge is -1.92. The third-order valence-electron chi connectivity index (χ3n) is 2.55. The smallest absolute Gasteiger partial charge is 0.382 e. The van der Waals surface area contributed by atoms with Crippen LogP contribution in [0.25, 0.3) is 17.1 Å². The van der Waals surface area contributed by atoms with Gasteiger partial charge in [0.2, 0.25) is 5.82 Å². The first kappa shape index (κ1) is 10.5. The first-order valence-corrected chi connectivity index (χ1v) is 5.21. The van der Waals surface area contributed by atoms with Crippen LogP contribution in [0.5, 0.6) is 0 Å². The Morgan fingerprint density at radius 1 is 1.33 bits per heavy atom. The van der Waals surface area contributed by atoms with E-state index in [-0.39, 0.29) is 11.8 Å². The fraction of sp³-hybridized carbons (Fsp3) is 0.0909. The van der Waals surface area contributed by atoms with Gasteiger partial charge in [-0.15, -0.1) is 0 Å². The quantitative estimate of drug-likeness (QED) is 0.509. The molecule has 3 rings (SSSR count). The van der Waals surface area contributed by atoms with Crippen LogP contribution in [-0.2, 0) is 0 Å². The third kappa shape index (κ3) is 1.53. The Morgan fingerprint density at radius 3 is 2.78 bits per heavy atom. The second kappa shape index (κ2) is 3.66. The summed E-state index contributed by atoms with van der Waals surface area (Å²) < 4.78 is 6.97. The first-order chi connectivity index (χ1) is 8.65. The van der Waals surface area contributed by atoms with E-state index in [1.807, 2.05) is 18.2 Å². The number of imidazole rings is 1. The molecule has 0 N–H and O–H groups in total. The zero-order valence-electron chi connectivity index (χ0n) is 9.40. The predicted molar refractivity (Wildman–Crippen MR) is 62.5 cm³/mol. The van der Waals surface area contributed by atoms with Crippen molar-refractivity contribution < 1.29 is 9.34 Å². The molecule has 7 heteroatoms. The molecule has 0 aliphatic carbocycles. The van der Waals surface area contributed by atoms with Gasteiger partial charge in [-0.05, 0) is 22.0 Å². The minimum atomic E-state index is -0.549. The number of aromatic nitrogens is 3. The van der Waals surface area contributed by atoms with E-state index in [0.29, 0.717) is 16.9 Å². The summed E-state index contributed by atoms with van der Waals surface area (Å²) in [6.07, 6.45) is 1.29. The number of hydrogen-bond acceptors (Lipinski definition) is 5. The molecule has 0 saturated carbocycles. The molecule has 0 aliphatic rings. The van der Waals surface area contributed by atoms with E-state index in [2.05, 4.69) is 9.97 Å².